The SMILES string of the molecule is CCc1ccc(CNC(=O)c2ccccc2O)s1. The Morgan fingerprint density at radius 2 is 1.94 bits per heavy atom. The molecule has 0 fully saturated rings. The van der Waals surface area contributed by atoms with Crippen molar-refractivity contribution in [3.63, 3.8) is 0 Å². The molecule has 1 amide bonds. The monoisotopic (exact) mass is 261 g/mol. The second-order valence-corrected chi connectivity index (χ2v) is 5.17. The van der Waals surface area contributed by atoms with Crippen LogP contribution in [-0.4, -0.2) is 11.0 Å². The Morgan fingerprint density at radius 3 is 2.61 bits per heavy atom. The lowest BCUT2D eigenvalue weighted by molar-refractivity contribution is 0.0948. The highest BCUT2D eigenvalue weighted by atomic mass is 32.1. The highest BCUT2D eigenvalue weighted by molar-refractivity contribution is 7.11. The quantitative estimate of drug-likeness (QED) is 0.889. The molecule has 0 saturated carbocycles. The van der Waals surface area contributed by atoms with Crippen LogP contribution in [0.4, 0.5) is 0 Å². The Balaban J connectivity index is 1.98. The topological polar surface area (TPSA) is 49.3 Å². The van der Waals surface area contributed by atoms with Crippen molar-refractivity contribution >= 4 is 17.2 Å². The van der Waals surface area contributed by atoms with Crippen LogP contribution in [0.3, 0.4) is 0 Å². The molecule has 3 nitrogen and oxygen atoms in total. The fourth-order valence-electron chi connectivity index (χ4n) is 1.64. The Kier molecular flexibility index (Phi) is 3.99. The van der Waals surface area contributed by atoms with Crippen LogP contribution in [0, 0.1) is 0 Å². The van der Waals surface area contributed by atoms with Gasteiger partial charge in [0.25, 0.3) is 5.91 Å². The maximum Gasteiger partial charge on any atom is 0.255 e. The Labute approximate surface area is 110 Å². The number of phenols is 1. The normalized spacial score (nSPS) is 10.3. The number of aromatic hydroxyl groups is 1. The summed E-state index contributed by atoms with van der Waals surface area (Å²) >= 11 is 1.70. The molecule has 1 aromatic heterocycles. The summed E-state index contributed by atoms with van der Waals surface area (Å²) in [5.41, 5.74) is 0.310. The highest BCUT2D eigenvalue weighted by Crippen LogP contribution is 2.18. The molecule has 0 atom stereocenters. The lowest BCUT2D eigenvalue weighted by Crippen LogP contribution is -2.22. The number of hydrogen-bond acceptors (Lipinski definition) is 3. The average molecular weight is 261 g/mol. The zero-order valence-electron chi connectivity index (χ0n) is 10.1. The first-order valence-electron chi connectivity index (χ1n) is 5.84. The number of aryl methyl sites for hydroxylation is 1. The number of carbonyl (C=O) groups is 1. The van der Waals surface area contributed by atoms with Gasteiger partial charge in [-0.05, 0) is 30.7 Å². The van der Waals surface area contributed by atoms with Crippen molar-refractivity contribution in [2.45, 2.75) is 19.9 Å². The van der Waals surface area contributed by atoms with E-state index in [1.165, 1.54) is 10.9 Å². The van der Waals surface area contributed by atoms with E-state index in [4.69, 9.17) is 0 Å². The number of para-hydroxylation sites is 1. The zero-order valence-corrected chi connectivity index (χ0v) is 11.0. The van der Waals surface area contributed by atoms with Gasteiger partial charge >= 0.3 is 0 Å². The van der Waals surface area contributed by atoms with Gasteiger partial charge in [-0.3, -0.25) is 4.79 Å². The zero-order chi connectivity index (χ0) is 13.0. The lowest BCUT2D eigenvalue weighted by Gasteiger charge is -2.05. The van der Waals surface area contributed by atoms with E-state index in [-0.39, 0.29) is 11.7 Å². The summed E-state index contributed by atoms with van der Waals surface area (Å²) in [6.07, 6.45) is 1.01. The smallest absolute Gasteiger partial charge is 0.255 e. The van der Waals surface area contributed by atoms with Gasteiger partial charge in [-0.2, -0.15) is 0 Å². The van der Waals surface area contributed by atoms with Crippen molar-refractivity contribution in [1.29, 1.82) is 0 Å². The van der Waals surface area contributed by atoms with E-state index in [2.05, 4.69) is 18.3 Å². The van der Waals surface area contributed by atoms with Crippen molar-refractivity contribution in [1.82, 2.24) is 5.32 Å². The van der Waals surface area contributed by atoms with Crippen LogP contribution in [0.15, 0.2) is 36.4 Å². The van der Waals surface area contributed by atoms with E-state index in [0.717, 1.165) is 11.3 Å². The summed E-state index contributed by atoms with van der Waals surface area (Å²) in [6.45, 7) is 2.61. The molecule has 18 heavy (non-hydrogen) atoms. The van der Waals surface area contributed by atoms with Crippen LogP contribution >= 0.6 is 11.3 Å². The molecule has 0 bridgehead atoms. The van der Waals surface area contributed by atoms with Crippen LogP contribution in [0.5, 0.6) is 5.75 Å². The van der Waals surface area contributed by atoms with E-state index in [1.54, 1.807) is 29.5 Å². The van der Waals surface area contributed by atoms with Crippen LogP contribution in [-0.2, 0) is 13.0 Å². The molecule has 94 valence electrons. The Morgan fingerprint density at radius 1 is 1.22 bits per heavy atom. The van der Waals surface area contributed by atoms with Crippen LogP contribution in [0.2, 0.25) is 0 Å². The first-order chi connectivity index (χ1) is 8.70. The van der Waals surface area contributed by atoms with Crippen LogP contribution in [0.1, 0.15) is 27.0 Å². The highest BCUT2D eigenvalue weighted by Gasteiger charge is 2.09. The molecule has 2 N–H and O–H groups in total. The molecule has 1 heterocycles. The number of benzene rings is 1. The summed E-state index contributed by atoms with van der Waals surface area (Å²) in [5.74, 6) is -0.241. The van der Waals surface area contributed by atoms with Gasteiger partial charge in [0.15, 0.2) is 0 Å². The average Bonchev–Trinajstić information content (AvgIpc) is 2.84. The van der Waals surface area contributed by atoms with E-state index in [9.17, 15) is 9.90 Å². The van der Waals surface area contributed by atoms with E-state index < -0.39 is 0 Å². The third kappa shape index (κ3) is 2.90. The first kappa shape index (κ1) is 12.6. The standard InChI is InChI=1S/C14H15NO2S/c1-2-10-7-8-11(18-10)9-15-14(17)12-5-3-4-6-13(12)16/h3-8,16H,2,9H2,1H3,(H,15,17). The van der Waals surface area contributed by atoms with Crippen molar-refractivity contribution < 1.29 is 9.90 Å². The predicted molar refractivity (Wildman–Crippen MR) is 73.0 cm³/mol. The van der Waals surface area contributed by atoms with E-state index in [1.807, 2.05) is 6.07 Å². The number of phenolic OH excluding ortho intramolecular Hbond substituents is 1. The van der Waals surface area contributed by atoms with Gasteiger partial charge in [-0.15, -0.1) is 11.3 Å². The number of carbonyl (C=O) groups excluding carboxylic acids is 1. The molecule has 0 aliphatic carbocycles. The number of amides is 1. The Hall–Kier alpha value is -1.81. The maximum atomic E-state index is 11.8. The second kappa shape index (κ2) is 5.69. The third-order valence-electron chi connectivity index (χ3n) is 2.64. The van der Waals surface area contributed by atoms with Gasteiger partial charge < -0.3 is 10.4 Å². The minimum atomic E-state index is -0.250. The summed E-state index contributed by atoms with van der Waals surface area (Å²) in [6, 6.07) is 10.6. The number of rotatable bonds is 4. The fraction of sp³-hybridized carbons (Fsp3) is 0.214. The minimum absolute atomic E-state index is 0.00965. The largest absolute Gasteiger partial charge is 0.507 e. The van der Waals surface area contributed by atoms with E-state index >= 15 is 0 Å². The van der Waals surface area contributed by atoms with Crippen LogP contribution in [0.25, 0.3) is 0 Å². The molecule has 0 spiro atoms. The van der Waals surface area contributed by atoms with Gasteiger partial charge in [0, 0.05) is 9.75 Å². The maximum absolute atomic E-state index is 11.8. The fourth-order valence-corrected chi connectivity index (χ4v) is 2.53. The molecular weight excluding hydrogens is 246 g/mol. The number of thiophene rings is 1. The Bertz CT molecular complexity index is 548. The third-order valence-corrected chi connectivity index (χ3v) is 3.87. The van der Waals surface area contributed by atoms with Gasteiger partial charge in [0.1, 0.15) is 5.75 Å². The van der Waals surface area contributed by atoms with E-state index in [0.29, 0.717) is 12.1 Å². The molecule has 1 aromatic carbocycles. The summed E-state index contributed by atoms with van der Waals surface area (Å²) in [7, 11) is 0. The first-order valence-corrected chi connectivity index (χ1v) is 6.66. The van der Waals surface area contributed by atoms with Gasteiger partial charge in [0.05, 0.1) is 12.1 Å². The van der Waals surface area contributed by atoms with Crippen molar-refractivity contribution in [3.8, 4) is 5.75 Å². The molecule has 0 unspecified atom stereocenters. The molecule has 2 aromatic rings. The molecule has 0 radical (unpaired) electrons. The lowest BCUT2D eigenvalue weighted by atomic mass is 10.2. The summed E-state index contributed by atoms with van der Waals surface area (Å²) < 4.78 is 0. The minimum Gasteiger partial charge on any atom is -0.507 e. The van der Waals surface area contributed by atoms with Gasteiger partial charge in [0.2, 0.25) is 0 Å². The van der Waals surface area contributed by atoms with Gasteiger partial charge in [-0.25, -0.2) is 0 Å². The summed E-state index contributed by atoms with van der Waals surface area (Å²) in [4.78, 5) is 14.3. The molecule has 4 heteroatoms. The molecule has 0 aliphatic rings. The van der Waals surface area contributed by atoms with Crippen LogP contribution < -0.4 is 5.32 Å². The van der Waals surface area contributed by atoms with Crippen molar-refractivity contribution in [2.75, 3.05) is 0 Å². The van der Waals surface area contributed by atoms with Crippen molar-refractivity contribution in [2.24, 2.45) is 0 Å². The predicted octanol–water partition coefficient (Wildman–Crippen LogP) is 2.95. The van der Waals surface area contributed by atoms with Crippen molar-refractivity contribution in [3.05, 3.63) is 51.7 Å². The molecule has 0 aliphatic heterocycles. The number of hydrogen-bond donors (Lipinski definition) is 2. The molecular formula is C14H15NO2S. The second-order valence-electron chi connectivity index (χ2n) is 3.92. The van der Waals surface area contributed by atoms with Gasteiger partial charge in [-0.1, -0.05) is 19.1 Å². The summed E-state index contributed by atoms with van der Waals surface area (Å²) in [5, 5.41) is 12.4. The molecule has 2 rings (SSSR count). The molecule has 0 saturated heterocycles. The number of nitrogens with one attached hydrogen (secondary N) is 1.